The predicted octanol–water partition coefficient (Wildman–Crippen LogP) is 1.03. The second kappa shape index (κ2) is 4.67. The van der Waals surface area contributed by atoms with E-state index in [-0.39, 0.29) is 17.2 Å². The van der Waals surface area contributed by atoms with Gasteiger partial charge in [-0.3, -0.25) is 0 Å². The van der Waals surface area contributed by atoms with Gasteiger partial charge in [-0.1, -0.05) is 10.3 Å². The normalized spacial score (nSPS) is 15.7. The summed E-state index contributed by atoms with van der Waals surface area (Å²) >= 11 is 0. The fourth-order valence-electron chi connectivity index (χ4n) is 1.93. The maximum Gasteiger partial charge on any atom is 0.246 e. The average Bonchev–Trinajstić information content (AvgIpc) is 3.03. The molecule has 20 heavy (non-hydrogen) atoms. The van der Waals surface area contributed by atoms with Crippen LogP contribution in [0.25, 0.3) is 0 Å². The van der Waals surface area contributed by atoms with E-state index in [4.69, 9.17) is 9.05 Å². The topological polar surface area (TPSA) is 111 Å². The summed E-state index contributed by atoms with van der Waals surface area (Å²) in [4.78, 5) is 4.22. The van der Waals surface area contributed by atoms with Gasteiger partial charge in [-0.25, -0.2) is 13.1 Å². The Morgan fingerprint density at radius 2 is 2.00 bits per heavy atom. The first-order valence-corrected chi connectivity index (χ1v) is 7.70. The molecule has 0 spiro atoms. The Hall–Kier alpha value is -1.74. The van der Waals surface area contributed by atoms with Gasteiger partial charge in [-0.15, -0.1) is 0 Å². The van der Waals surface area contributed by atoms with Crippen molar-refractivity contribution < 1.29 is 17.5 Å². The molecule has 1 saturated carbocycles. The predicted molar refractivity (Wildman–Crippen MR) is 66.3 cm³/mol. The van der Waals surface area contributed by atoms with Crippen molar-refractivity contribution in [2.24, 2.45) is 0 Å². The lowest BCUT2D eigenvalue weighted by Crippen LogP contribution is -2.24. The molecule has 1 N–H and O–H groups in total. The molecule has 0 unspecified atom stereocenters. The Bertz CT molecular complexity index is 710. The second-order valence-corrected chi connectivity index (χ2v) is 6.50. The molecule has 0 atom stereocenters. The molecule has 2 aromatic rings. The quantitative estimate of drug-likeness (QED) is 0.877. The van der Waals surface area contributed by atoms with E-state index in [0.29, 0.717) is 23.3 Å². The molecule has 0 amide bonds. The minimum atomic E-state index is -3.70. The van der Waals surface area contributed by atoms with E-state index in [2.05, 4.69) is 20.0 Å². The van der Waals surface area contributed by atoms with E-state index < -0.39 is 10.0 Å². The molecule has 8 nitrogen and oxygen atoms in total. The van der Waals surface area contributed by atoms with Crippen LogP contribution < -0.4 is 4.72 Å². The van der Waals surface area contributed by atoms with Crippen LogP contribution in [-0.2, 0) is 16.6 Å². The van der Waals surface area contributed by atoms with Crippen molar-refractivity contribution in [3.63, 3.8) is 0 Å². The van der Waals surface area contributed by atoms with E-state index in [1.54, 1.807) is 13.8 Å². The largest absolute Gasteiger partial charge is 0.360 e. The first kappa shape index (κ1) is 13.3. The number of aromatic nitrogens is 3. The van der Waals surface area contributed by atoms with E-state index in [1.807, 2.05) is 0 Å². The summed E-state index contributed by atoms with van der Waals surface area (Å²) < 4.78 is 36.7. The Kier molecular flexibility index (Phi) is 3.09. The summed E-state index contributed by atoms with van der Waals surface area (Å²) in [6.07, 6.45) is 2.10. The molecule has 108 valence electrons. The van der Waals surface area contributed by atoms with E-state index in [0.717, 1.165) is 12.8 Å². The fraction of sp³-hybridized carbons (Fsp3) is 0.545. The standard InChI is InChI=1S/C11H14N4O4S/c1-6-10(7(2)18-14-6)20(16,17)12-5-9-13-11(19-15-9)8-3-4-8/h8,12H,3-5H2,1-2H3. The van der Waals surface area contributed by atoms with Gasteiger partial charge in [0, 0.05) is 5.92 Å². The zero-order chi connectivity index (χ0) is 14.3. The highest BCUT2D eigenvalue weighted by atomic mass is 32.2. The van der Waals surface area contributed by atoms with E-state index >= 15 is 0 Å². The summed E-state index contributed by atoms with van der Waals surface area (Å²) in [6.45, 7) is 3.10. The van der Waals surface area contributed by atoms with Crippen LogP contribution in [0.3, 0.4) is 0 Å². The van der Waals surface area contributed by atoms with Crippen molar-refractivity contribution in [2.75, 3.05) is 0 Å². The van der Waals surface area contributed by atoms with Gasteiger partial charge in [-0.2, -0.15) is 4.98 Å². The van der Waals surface area contributed by atoms with E-state index in [1.165, 1.54) is 0 Å². The first-order chi connectivity index (χ1) is 9.47. The molecular formula is C11H14N4O4S. The van der Waals surface area contributed by atoms with Crippen LogP contribution in [0.15, 0.2) is 13.9 Å². The molecule has 0 bridgehead atoms. The third-order valence-electron chi connectivity index (χ3n) is 3.07. The molecular weight excluding hydrogens is 284 g/mol. The number of nitrogens with zero attached hydrogens (tertiary/aromatic N) is 3. The zero-order valence-electron chi connectivity index (χ0n) is 11.1. The smallest absolute Gasteiger partial charge is 0.246 e. The molecule has 0 aliphatic heterocycles. The van der Waals surface area contributed by atoms with Crippen molar-refractivity contribution in [1.82, 2.24) is 20.0 Å². The second-order valence-electron chi connectivity index (χ2n) is 4.80. The third-order valence-corrected chi connectivity index (χ3v) is 4.71. The number of rotatable bonds is 5. The molecule has 0 radical (unpaired) electrons. The SMILES string of the molecule is Cc1noc(C)c1S(=O)(=O)NCc1noc(C2CC2)n1. The molecule has 9 heteroatoms. The van der Waals surface area contributed by atoms with Crippen LogP contribution >= 0.6 is 0 Å². The van der Waals surface area contributed by atoms with Crippen molar-refractivity contribution in [2.45, 2.75) is 44.0 Å². The molecule has 1 fully saturated rings. The Labute approximate surface area is 115 Å². The molecule has 2 heterocycles. The maximum atomic E-state index is 12.2. The van der Waals surface area contributed by atoms with Crippen molar-refractivity contribution in [3.05, 3.63) is 23.2 Å². The number of hydrogen-bond acceptors (Lipinski definition) is 7. The van der Waals surface area contributed by atoms with Gasteiger partial charge in [0.05, 0.1) is 6.54 Å². The highest BCUT2D eigenvalue weighted by molar-refractivity contribution is 7.89. The first-order valence-electron chi connectivity index (χ1n) is 6.22. The van der Waals surface area contributed by atoms with Gasteiger partial charge >= 0.3 is 0 Å². The summed E-state index contributed by atoms with van der Waals surface area (Å²) in [5, 5.41) is 7.38. The van der Waals surface area contributed by atoms with Crippen LogP contribution in [0.5, 0.6) is 0 Å². The number of sulfonamides is 1. The number of hydrogen-bond donors (Lipinski definition) is 1. The highest BCUT2D eigenvalue weighted by Crippen LogP contribution is 2.38. The van der Waals surface area contributed by atoms with Crippen LogP contribution in [0, 0.1) is 13.8 Å². The Morgan fingerprint density at radius 3 is 2.60 bits per heavy atom. The minimum absolute atomic E-state index is 0.0252. The average molecular weight is 298 g/mol. The lowest BCUT2D eigenvalue weighted by atomic mass is 10.4. The van der Waals surface area contributed by atoms with Crippen molar-refractivity contribution in [3.8, 4) is 0 Å². The van der Waals surface area contributed by atoms with E-state index in [9.17, 15) is 8.42 Å². The van der Waals surface area contributed by atoms with Crippen LogP contribution in [0.1, 0.15) is 41.9 Å². The number of nitrogens with one attached hydrogen (secondary N) is 1. The van der Waals surface area contributed by atoms with Crippen molar-refractivity contribution in [1.29, 1.82) is 0 Å². The maximum absolute atomic E-state index is 12.2. The summed E-state index contributed by atoms with van der Waals surface area (Å²) in [6, 6.07) is 0. The zero-order valence-corrected chi connectivity index (χ0v) is 11.9. The fourth-order valence-corrected chi connectivity index (χ4v) is 3.23. The summed E-state index contributed by atoms with van der Waals surface area (Å²) in [7, 11) is -3.70. The molecule has 0 aromatic carbocycles. The van der Waals surface area contributed by atoms with Gasteiger partial charge in [-0.05, 0) is 26.7 Å². The third kappa shape index (κ3) is 2.46. The van der Waals surface area contributed by atoms with Gasteiger partial charge in [0.1, 0.15) is 10.6 Å². The van der Waals surface area contributed by atoms with Gasteiger partial charge in [0.15, 0.2) is 11.6 Å². The molecule has 3 rings (SSSR count). The number of aryl methyl sites for hydroxylation is 2. The lowest BCUT2D eigenvalue weighted by Gasteiger charge is -2.03. The molecule has 0 saturated heterocycles. The van der Waals surface area contributed by atoms with Crippen molar-refractivity contribution >= 4 is 10.0 Å². The summed E-state index contributed by atoms with van der Waals surface area (Å²) in [5.74, 6) is 1.50. The molecule has 2 aromatic heterocycles. The minimum Gasteiger partial charge on any atom is -0.360 e. The van der Waals surface area contributed by atoms with Crippen LogP contribution in [0.2, 0.25) is 0 Å². The molecule has 1 aliphatic carbocycles. The lowest BCUT2D eigenvalue weighted by molar-refractivity contribution is 0.373. The van der Waals surface area contributed by atoms with Gasteiger partial charge in [0.2, 0.25) is 15.9 Å². The summed E-state index contributed by atoms with van der Waals surface area (Å²) in [5.41, 5.74) is 0.321. The Morgan fingerprint density at radius 1 is 1.25 bits per heavy atom. The van der Waals surface area contributed by atoms with Crippen LogP contribution in [0.4, 0.5) is 0 Å². The monoisotopic (exact) mass is 298 g/mol. The highest BCUT2D eigenvalue weighted by Gasteiger charge is 2.30. The van der Waals surface area contributed by atoms with Crippen LogP contribution in [-0.4, -0.2) is 23.7 Å². The Balaban J connectivity index is 1.73. The van der Waals surface area contributed by atoms with Gasteiger partial charge < -0.3 is 9.05 Å². The molecule has 1 aliphatic rings. The van der Waals surface area contributed by atoms with Gasteiger partial charge in [0.25, 0.3) is 0 Å².